The highest BCUT2D eigenvalue weighted by Gasteiger charge is 2.30. The van der Waals surface area contributed by atoms with Gasteiger partial charge in [-0.2, -0.15) is 0 Å². The first-order valence-electron chi connectivity index (χ1n) is 9.47. The van der Waals surface area contributed by atoms with Crippen LogP contribution in [0.25, 0.3) is 0 Å². The van der Waals surface area contributed by atoms with Gasteiger partial charge >= 0.3 is 0 Å². The number of methoxy groups -OCH3 is 1. The minimum absolute atomic E-state index is 0.116. The van der Waals surface area contributed by atoms with Crippen molar-refractivity contribution in [1.29, 1.82) is 0 Å². The molecule has 0 aliphatic heterocycles. The first-order chi connectivity index (χ1) is 13.2. The summed E-state index contributed by atoms with van der Waals surface area (Å²) in [7, 11) is 1.69. The maximum atomic E-state index is 14.1. The van der Waals surface area contributed by atoms with Crippen molar-refractivity contribution in [3.8, 4) is 5.75 Å². The Hall–Kier alpha value is -2.59. The second kappa shape index (κ2) is 7.97. The maximum Gasteiger partial charge on any atom is 0.127 e. The molecule has 3 nitrogen and oxygen atoms in total. The van der Waals surface area contributed by atoms with Gasteiger partial charge < -0.3 is 9.30 Å². The zero-order chi connectivity index (χ0) is 18.6. The van der Waals surface area contributed by atoms with Gasteiger partial charge in [-0.15, -0.1) is 0 Å². The Morgan fingerprint density at radius 3 is 2.67 bits per heavy atom. The Labute approximate surface area is 160 Å². The molecule has 0 radical (unpaired) electrons. The molecule has 1 aliphatic carbocycles. The summed E-state index contributed by atoms with van der Waals surface area (Å²) < 4.78 is 21.7. The lowest BCUT2D eigenvalue weighted by Crippen LogP contribution is -2.26. The van der Waals surface area contributed by atoms with E-state index in [1.165, 1.54) is 24.1 Å². The van der Waals surface area contributed by atoms with Crippen molar-refractivity contribution in [3.05, 3.63) is 89.5 Å². The Morgan fingerprint density at radius 2 is 1.89 bits per heavy atom. The van der Waals surface area contributed by atoms with Crippen LogP contribution in [0.5, 0.6) is 5.75 Å². The van der Waals surface area contributed by atoms with Crippen LogP contribution in [0.1, 0.15) is 29.7 Å². The number of hydrogen-bond donors (Lipinski definition) is 0. The van der Waals surface area contributed by atoms with Crippen molar-refractivity contribution in [1.82, 2.24) is 9.47 Å². The SMILES string of the molecule is COc1cccc(Cn2cccc2CN(Cc2ccccc2F)C2CC2)c1. The zero-order valence-corrected chi connectivity index (χ0v) is 15.6. The molecule has 2 aromatic carbocycles. The third kappa shape index (κ3) is 4.40. The predicted molar refractivity (Wildman–Crippen MR) is 105 cm³/mol. The molecule has 0 bridgehead atoms. The quantitative estimate of drug-likeness (QED) is 0.569. The number of aromatic nitrogens is 1. The maximum absolute atomic E-state index is 14.1. The Kier molecular flexibility index (Phi) is 5.26. The summed E-state index contributed by atoms with van der Waals surface area (Å²) in [4.78, 5) is 2.40. The smallest absolute Gasteiger partial charge is 0.127 e. The summed E-state index contributed by atoms with van der Waals surface area (Å²) in [6.07, 6.45) is 4.51. The molecule has 3 aromatic rings. The van der Waals surface area contributed by atoms with Gasteiger partial charge in [0.05, 0.1) is 7.11 Å². The number of benzene rings is 2. The van der Waals surface area contributed by atoms with E-state index in [1.54, 1.807) is 19.2 Å². The summed E-state index contributed by atoms with van der Waals surface area (Å²) in [5, 5.41) is 0. The lowest BCUT2D eigenvalue weighted by molar-refractivity contribution is 0.236. The molecule has 1 saturated carbocycles. The molecule has 27 heavy (non-hydrogen) atoms. The summed E-state index contributed by atoms with van der Waals surface area (Å²) in [6, 6.07) is 20.1. The second-order valence-corrected chi connectivity index (χ2v) is 7.21. The summed E-state index contributed by atoms with van der Waals surface area (Å²) in [6.45, 7) is 2.29. The topological polar surface area (TPSA) is 17.4 Å². The second-order valence-electron chi connectivity index (χ2n) is 7.21. The summed E-state index contributed by atoms with van der Waals surface area (Å²) >= 11 is 0. The van der Waals surface area contributed by atoms with Gasteiger partial charge in [0, 0.05) is 43.1 Å². The van der Waals surface area contributed by atoms with Gasteiger partial charge in [0.1, 0.15) is 11.6 Å². The molecular formula is C23H25FN2O. The van der Waals surface area contributed by atoms with Crippen LogP contribution in [0.3, 0.4) is 0 Å². The monoisotopic (exact) mass is 364 g/mol. The molecule has 4 heteroatoms. The van der Waals surface area contributed by atoms with Crippen molar-refractivity contribution < 1.29 is 9.13 Å². The third-order valence-corrected chi connectivity index (χ3v) is 5.17. The van der Waals surface area contributed by atoms with Crippen LogP contribution in [-0.4, -0.2) is 22.6 Å². The first kappa shape index (κ1) is 17.8. The number of hydrogen-bond acceptors (Lipinski definition) is 2. The van der Waals surface area contributed by atoms with Crippen molar-refractivity contribution in [3.63, 3.8) is 0 Å². The van der Waals surface area contributed by atoms with E-state index < -0.39 is 0 Å². The lowest BCUT2D eigenvalue weighted by atomic mass is 10.2. The molecule has 0 unspecified atom stereocenters. The fourth-order valence-electron chi connectivity index (χ4n) is 3.52. The molecule has 1 aromatic heterocycles. The first-order valence-corrected chi connectivity index (χ1v) is 9.47. The van der Waals surface area contributed by atoms with Crippen molar-refractivity contribution in [2.75, 3.05) is 7.11 Å². The van der Waals surface area contributed by atoms with Crippen LogP contribution in [-0.2, 0) is 19.6 Å². The van der Waals surface area contributed by atoms with E-state index >= 15 is 0 Å². The van der Waals surface area contributed by atoms with Crippen LogP contribution in [0, 0.1) is 5.82 Å². The minimum Gasteiger partial charge on any atom is -0.497 e. The van der Waals surface area contributed by atoms with E-state index in [0.29, 0.717) is 12.6 Å². The molecule has 1 aliphatic rings. The number of nitrogens with zero attached hydrogens (tertiary/aromatic N) is 2. The average Bonchev–Trinajstić information content (AvgIpc) is 3.45. The van der Waals surface area contributed by atoms with Gasteiger partial charge in [-0.05, 0) is 48.7 Å². The minimum atomic E-state index is -0.116. The number of rotatable bonds is 8. The summed E-state index contributed by atoms with van der Waals surface area (Å²) in [5.41, 5.74) is 3.23. The van der Waals surface area contributed by atoms with E-state index in [2.05, 4.69) is 39.9 Å². The van der Waals surface area contributed by atoms with E-state index in [1.807, 2.05) is 24.3 Å². The van der Waals surface area contributed by atoms with Crippen LogP contribution >= 0.6 is 0 Å². The highest BCUT2D eigenvalue weighted by molar-refractivity contribution is 5.29. The number of ether oxygens (including phenoxy) is 1. The Bertz CT molecular complexity index is 901. The summed E-state index contributed by atoms with van der Waals surface area (Å²) in [5.74, 6) is 0.760. The zero-order valence-electron chi connectivity index (χ0n) is 15.6. The van der Waals surface area contributed by atoms with Crippen LogP contribution in [0.15, 0.2) is 66.9 Å². The van der Waals surface area contributed by atoms with E-state index in [-0.39, 0.29) is 5.82 Å². The Morgan fingerprint density at radius 1 is 1.04 bits per heavy atom. The molecular weight excluding hydrogens is 339 g/mol. The predicted octanol–water partition coefficient (Wildman–Crippen LogP) is 4.85. The molecule has 1 fully saturated rings. The van der Waals surface area contributed by atoms with Gasteiger partial charge in [0.15, 0.2) is 0 Å². The largest absolute Gasteiger partial charge is 0.497 e. The normalized spacial score (nSPS) is 13.9. The standard InChI is InChI=1S/C23H25FN2O/c1-27-22-9-4-6-18(14-22)15-25-13-5-8-21(25)17-26(20-11-12-20)16-19-7-2-3-10-23(19)24/h2-10,13-14,20H,11-12,15-17H2,1H3. The lowest BCUT2D eigenvalue weighted by Gasteiger charge is -2.23. The van der Waals surface area contributed by atoms with Gasteiger partial charge in [-0.25, -0.2) is 4.39 Å². The fourth-order valence-corrected chi connectivity index (χ4v) is 3.52. The van der Waals surface area contributed by atoms with E-state index in [0.717, 1.165) is 24.4 Å². The van der Waals surface area contributed by atoms with Crippen LogP contribution < -0.4 is 4.74 Å². The fraction of sp³-hybridized carbons (Fsp3) is 0.304. The molecule has 0 saturated heterocycles. The van der Waals surface area contributed by atoms with Crippen molar-refractivity contribution in [2.45, 2.75) is 38.5 Å². The highest BCUT2D eigenvalue weighted by Crippen LogP contribution is 2.30. The van der Waals surface area contributed by atoms with Gasteiger partial charge in [-0.3, -0.25) is 4.90 Å². The molecule has 4 rings (SSSR count). The van der Waals surface area contributed by atoms with Crippen molar-refractivity contribution >= 4 is 0 Å². The van der Waals surface area contributed by atoms with Gasteiger partial charge in [0.25, 0.3) is 0 Å². The van der Waals surface area contributed by atoms with Gasteiger partial charge in [-0.1, -0.05) is 30.3 Å². The molecule has 0 spiro atoms. The van der Waals surface area contributed by atoms with E-state index in [9.17, 15) is 4.39 Å². The molecule has 0 amide bonds. The Balaban J connectivity index is 1.50. The third-order valence-electron chi connectivity index (χ3n) is 5.17. The van der Waals surface area contributed by atoms with Crippen LogP contribution in [0.4, 0.5) is 4.39 Å². The van der Waals surface area contributed by atoms with Crippen LogP contribution in [0.2, 0.25) is 0 Å². The van der Waals surface area contributed by atoms with Crippen molar-refractivity contribution in [2.24, 2.45) is 0 Å². The molecule has 1 heterocycles. The molecule has 140 valence electrons. The average molecular weight is 364 g/mol. The number of halogens is 1. The highest BCUT2D eigenvalue weighted by atomic mass is 19.1. The molecule has 0 atom stereocenters. The van der Waals surface area contributed by atoms with Gasteiger partial charge in [0.2, 0.25) is 0 Å². The van der Waals surface area contributed by atoms with E-state index in [4.69, 9.17) is 4.74 Å². The molecule has 0 N–H and O–H groups in total.